The maximum Gasteiger partial charge on any atom is 0.245 e. The van der Waals surface area contributed by atoms with E-state index in [1.165, 1.54) is 18.7 Å². The van der Waals surface area contributed by atoms with Gasteiger partial charge in [0, 0.05) is 38.0 Å². The monoisotopic (exact) mass is 1100 g/mol. The Morgan fingerprint density at radius 3 is 1.84 bits per heavy atom. The van der Waals surface area contributed by atoms with Crippen LogP contribution in [0.4, 0.5) is 0 Å². The van der Waals surface area contributed by atoms with Crippen molar-refractivity contribution in [1.82, 2.24) is 52.8 Å². The molecule has 2 rings (SSSR count). The highest BCUT2D eigenvalue weighted by atomic mass is 35.5. The summed E-state index contributed by atoms with van der Waals surface area (Å²) in [5.41, 5.74) is 11.7. The van der Waals surface area contributed by atoms with Crippen molar-refractivity contribution in [3.05, 3.63) is 34.9 Å². The Bertz CT molecular complexity index is 2190. The van der Waals surface area contributed by atoms with Gasteiger partial charge in [0.05, 0.1) is 12.6 Å². The van der Waals surface area contributed by atoms with Gasteiger partial charge in [-0.3, -0.25) is 52.9 Å². The van der Waals surface area contributed by atoms with Crippen LogP contribution in [0.3, 0.4) is 0 Å². The van der Waals surface area contributed by atoms with Gasteiger partial charge in [-0.05, 0) is 87.8 Å². The summed E-state index contributed by atoms with van der Waals surface area (Å²) in [4.78, 5) is 141. The van der Waals surface area contributed by atoms with Crippen LogP contribution < -0.4 is 59.3 Å². The Morgan fingerprint density at radius 1 is 0.701 bits per heavy atom. The summed E-state index contributed by atoms with van der Waals surface area (Å²) in [7, 11) is 0. The molecule has 0 radical (unpaired) electrons. The van der Waals surface area contributed by atoms with E-state index in [2.05, 4.69) is 52.8 Å². The molecule has 0 saturated carbocycles. The summed E-state index contributed by atoms with van der Waals surface area (Å²) < 4.78 is 0. The van der Waals surface area contributed by atoms with Crippen molar-refractivity contribution in [2.45, 2.75) is 181 Å². The van der Waals surface area contributed by atoms with E-state index in [4.69, 9.17) is 23.1 Å². The van der Waals surface area contributed by atoms with E-state index < -0.39 is 126 Å². The number of carbonyl (C=O) groups excluding carboxylic acids is 10. The van der Waals surface area contributed by atoms with E-state index in [1.54, 1.807) is 72.7 Å². The van der Waals surface area contributed by atoms with Crippen LogP contribution in [0.5, 0.6) is 0 Å². The smallest absolute Gasteiger partial charge is 0.245 e. The number of nitrogens with two attached hydrogens (primary N) is 2. The van der Waals surface area contributed by atoms with Gasteiger partial charge in [0.15, 0.2) is 5.96 Å². The number of likely N-dealkylation sites (tertiary alicyclic amines) is 1. The van der Waals surface area contributed by atoms with Crippen LogP contribution in [0.25, 0.3) is 0 Å². The normalized spacial score (nSPS) is 16.6. The number of nitrogens with one attached hydrogen (secondary N) is 9. The molecule has 10 atom stereocenters. The minimum absolute atomic E-state index is 0.0636. The van der Waals surface area contributed by atoms with Crippen molar-refractivity contribution in [1.29, 1.82) is 0 Å². The minimum atomic E-state index is -1.64. The lowest BCUT2D eigenvalue weighted by Gasteiger charge is -2.31. The SMILES string of the molecule is CCC[C@H](NC(=O)[C@@H](NC(=O)[C@@H](CC(C)C)NC(=O)[C@@H](NC(=O)CNC(=O)[C@H](Cc1ccc(Cl)cc1)NC(C)=O)C(C)C)[C@@H](C)O)C(=O)N[C@H](C(=O)N[C@@H](CCCN=C(N)N)C(=O)N1CCC[C@H]1C(=O)NCC)[C@@H](C)CC. The fraction of sp³-hybridized carbons (Fsp3) is 0.673. The molecule has 24 nitrogen and oxygen atoms in total. The number of nitrogens with zero attached hydrogens (tertiary/aromatic N) is 2. The van der Waals surface area contributed by atoms with Gasteiger partial charge in [0.2, 0.25) is 59.1 Å². The number of aliphatic hydroxyl groups excluding tert-OH is 1. The van der Waals surface area contributed by atoms with E-state index in [9.17, 15) is 53.1 Å². The van der Waals surface area contributed by atoms with Crippen molar-refractivity contribution in [3.63, 3.8) is 0 Å². The van der Waals surface area contributed by atoms with Crippen LogP contribution in [-0.4, -0.2) is 156 Å². The summed E-state index contributed by atoms with van der Waals surface area (Å²) in [6.45, 7) is 16.8. The average Bonchev–Trinajstić information content (AvgIpc) is 3.86. The number of guanidine groups is 1. The second kappa shape index (κ2) is 33.6. The number of hydrogen-bond donors (Lipinski definition) is 12. The summed E-state index contributed by atoms with van der Waals surface area (Å²) in [6, 6.07) is -2.79. The van der Waals surface area contributed by atoms with Gasteiger partial charge in [-0.25, -0.2) is 0 Å². The molecule has 1 saturated heterocycles. The average molecular weight is 1100 g/mol. The fourth-order valence-electron chi connectivity index (χ4n) is 8.58. The number of halogens is 1. The van der Waals surface area contributed by atoms with Crippen LogP contribution in [-0.2, 0) is 54.4 Å². The molecular formula is C52H86ClN13O11. The Kier molecular flexibility index (Phi) is 29.0. The molecule has 1 aliphatic heterocycles. The molecule has 1 aromatic rings. The lowest BCUT2D eigenvalue weighted by atomic mass is 9.96. The third-order valence-electron chi connectivity index (χ3n) is 12.9. The molecule has 0 unspecified atom stereocenters. The molecule has 14 N–H and O–H groups in total. The molecule has 1 aliphatic rings. The predicted octanol–water partition coefficient (Wildman–Crippen LogP) is -0.478. The van der Waals surface area contributed by atoms with Crippen LogP contribution in [0.15, 0.2) is 29.3 Å². The zero-order valence-corrected chi connectivity index (χ0v) is 47.1. The second-order valence-electron chi connectivity index (χ2n) is 20.3. The van der Waals surface area contributed by atoms with E-state index in [0.29, 0.717) is 55.8 Å². The zero-order valence-electron chi connectivity index (χ0n) is 46.4. The highest BCUT2D eigenvalue weighted by Gasteiger charge is 2.40. The van der Waals surface area contributed by atoms with Gasteiger partial charge in [0.25, 0.3) is 0 Å². The van der Waals surface area contributed by atoms with Gasteiger partial charge in [-0.2, -0.15) is 0 Å². The van der Waals surface area contributed by atoms with E-state index in [-0.39, 0.29) is 50.0 Å². The van der Waals surface area contributed by atoms with Crippen LogP contribution in [0, 0.1) is 17.8 Å². The first-order valence-electron chi connectivity index (χ1n) is 26.7. The summed E-state index contributed by atoms with van der Waals surface area (Å²) >= 11 is 5.98. The first kappa shape index (κ1) is 66.6. The topological polar surface area (TPSA) is 367 Å². The Labute approximate surface area is 457 Å². The minimum Gasteiger partial charge on any atom is -0.391 e. The summed E-state index contributed by atoms with van der Waals surface area (Å²) in [5, 5.41) is 35.2. The van der Waals surface area contributed by atoms with Crippen LogP contribution in [0.1, 0.15) is 126 Å². The number of aliphatic hydroxyl groups is 1. The van der Waals surface area contributed by atoms with Gasteiger partial charge in [0.1, 0.15) is 48.3 Å². The highest BCUT2D eigenvalue weighted by molar-refractivity contribution is 6.30. The van der Waals surface area contributed by atoms with Crippen molar-refractivity contribution in [2.75, 3.05) is 26.2 Å². The Balaban J connectivity index is 2.26. The molecule has 0 bridgehead atoms. The first-order chi connectivity index (χ1) is 36.2. The number of amides is 10. The molecule has 0 spiro atoms. The summed E-state index contributed by atoms with van der Waals surface area (Å²) in [6.07, 6.45) is 0.946. The van der Waals surface area contributed by atoms with Gasteiger partial charge in [-0.1, -0.05) is 85.0 Å². The van der Waals surface area contributed by atoms with Crippen molar-refractivity contribution < 1.29 is 53.1 Å². The van der Waals surface area contributed by atoms with Gasteiger partial charge >= 0.3 is 0 Å². The lowest BCUT2D eigenvalue weighted by molar-refractivity contribution is -0.142. The largest absolute Gasteiger partial charge is 0.391 e. The third-order valence-corrected chi connectivity index (χ3v) is 13.1. The zero-order chi connectivity index (χ0) is 58.1. The summed E-state index contributed by atoms with van der Waals surface area (Å²) in [5.74, 6) is -7.95. The molecule has 432 valence electrons. The molecule has 0 aliphatic carbocycles. The quantitative estimate of drug-likeness (QED) is 0.0247. The molecule has 25 heteroatoms. The number of carbonyl (C=O) groups is 10. The standard InChI is InChI=1S/C52H86ClN13O11/c1-11-16-35(45(71)64-42(30(8)12-2)49(75)61-36(17-14-23-57-52(54)55)51(77)66-24-15-18-39(66)47(73)56-13-3)60-50(76)43(31(9)67)65-46(72)37(25-28(4)5)62-48(74)41(29(6)7)63-40(69)27-58-44(70)38(59-32(10)68)26-33-19-21-34(53)22-20-33/h19-22,28-31,35-39,41-43,67H,11-18,23-27H2,1-10H3,(H,56,73)(H,58,70)(H,59,68)(H,60,76)(H,61,75)(H,62,74)(H,63,69)(H,64,71)(H,65,72)(H4,54,55,57)/t30-,31+,35-,36-,37+,38-,39-,41-,42-,43-/m0/s1. The Morgan fingerprint density at radius 2 is 1.29 bits per heavy atom. The predicted molar refractivity (Wildman–Crippen MR) is 291 cm³/mol. The lowest BCUT2D eigenvalue weighted by Crippen LogP contribution is -2.62. The molecule has 10 amide bonds. The van der Waals surface area contributed by atoms with E-state index in [1.807, 2.05) is 6.92 Å². The fourth-order valence-corrected chi connectivity index (χ4v) is 8.70. The molecular weight excluding hydrogens is 1020 g/mol. The first-order valence-corrected chi connectivity index (χ1v) is 27.0. The molecule has 1 fully saturated rings. The highest BCUT2D eigenvalue weighted by Crippen LogP contribution is 2.21. The van der Waals surface area contributed by atoms with E-state index in [0.717, 1.165) is 0 Å². The molecule has 0 aromatic heterocycles. The number of benzene rings is 1. The number of hydrogen-bond acceptors (Lipinski definition) is 12. The number of likely N-dealkylation sites (N-methyl/N-ethyl adjacent to an activating group) is 1. The van der Waals surface area contributed by atoms with Crippen molar-refractivity contribution >= 4 is 76.6 Å². The van der Waals surface area contributed by atoms with Crippen molar-refractivity contribution in [3.8, 4) is 0 Å². The third kappa shape index (κ3) is 22.9. The molecule has 77 heavy (non-hydrogen) atoms. The van der Waals surface area contributed by atoms with E-state index >= 15 is 0 Å². The Hall–Kier alpha value is -6.56. The van der Waals surface area contributed by atoms with Crippen LogP contribution >= 0.6 is 11.6 Å². The van der Waals surface area contributed by atoms with Gasteiger partial charge in [-0.15, -0.1) is 0 Å². The number of aliphatic imine (C=N–C) groups is 1. The maximum atomic E-state index is 14.2. The van der Waals surface area contributed by atoms with Crippen molar-refractivity contribution in [2.24, 2.45) is 34.2 Å². The van der Waals surface area contributed by atoms with Crippen LogP contribution in [0.2, 0.25) is 5.02 Å². The maximum absolute atomic E-state index is 14.2. The molecule has 1 heterocycles. The number of rotatable bonds is 32. The molecule has 1 aromatic carbocycles. The van der Waals surface area contributed by atoms with Gasteiger partial charge < -0.3 is 69.3 Å². The second-order valence-corrected chi connectivity index (χ2v) is 20.8.